The fourth-order valence-electron chi connectivity index (χ4n) is 3.83. The van der Waals surface area contributed by atoms with Crippen LogP contribution in [-0.2, 0) is 25.3 Å². The zero-order valence-corrected chi connectivity index (χ0v) is 20.8. The van der Waals surface area contributed by atoms with Gasteiger partial charge in [-0.05, 0) is 37.5 Å². The quantitative estimate of drug-likeness (QED) is 0.503. The van der Waals surface area contributed by atoms with Gasteiger partial charge in [0.2, 0.25) is 15.9 Å². The SMILES string of the molecule is CCOC(=O)c1cc(C#N)c(N2CCC(C(=O)NS(=O)(=O)Cc3ccccc3Cl)CC2)nc1C(F)F. The number of carbonyl (C=O) groups excluding carboxylic acids is 2. The van der Waals surface area contributed by atoms with Crippen molar-refractivity contribution in [3.8, 4) is 6.07 Å². The minimum absolute atomic E-state index is 0.0329. The third-order valence-electron chi connectivity index (χ3n) is 5.58. The molecule has 2 heterocycles. The Hall–Kier alpha value is -3.30. The van der Waals surface area contributed by atoms with Crippen LogP contribution < -0.4 is 9.62 Å². The summed E-state index contributed by atoms with van der Waals surface area (Å²) in [4.78, 5) is 30.1. The minimum Gasteiger partial charge on any atom is -0.462 e. The van der Waals surface area contributed by atoms with Gasteiger partial charge in [0.1, 0.15) is 17.6 Å². The Labute approximate surface area is 212 Å². The monoisotopic (exact) mass is 540 g/mol. The summed E-state index contributed by atoms with van der Waals surface area (Å²) in [5.74, 6) is -2.83. The number of amides is 1. The number of benzene rings is 1. The normalized spacial score (nSPS) is 14.4. The van der Waals surface area contributed by atoms with Crippen molar-refractivity contribution in [1.29, 1.82) is 5.26 Å². The molecule has 1 N–H and O–H groups in total. The number of nitriles is 1. The number of pyridine rings is 1. The molecule has 9 nitrogen and oxygen atoms in total. The summed E-state index contributed by atoms with van der Waals surface area (Å²) in [6, 6.07) is 9.28. The molecule has 36 heavy (non-hydrogen) atoms. The molecule has 1 aliphatic rings. The molecular formula is C23H23ClF2N4O5S. The highest BCUT2D eigenvalue weighted by Crippen LogP contribution is 2.30. The molecule has 0 radical (unpaired) electrons. The second kappa shape index (κ2) is 11.6. The van der Waals surface area contributed by atoms with Gasteiger partial charge >= 0.3 is 5.97 Å². The van der Waals surface area contributed by atoms with Crippen molar-refractivity contribution in [3.63, 3.8) is 0 Å². The van der Waals surface area contributed by atoms with Crippen LogP contribution in [-0.4, -0.2) is 45.0 Å². The van der Waals surface area contributed by atoms with Gasteiger partial charge in [0.15, 0.2) is 0 Å². The van der Waals surface area contributed by atoms with Gasteiger partial charge in [0, 0.05) is 24.0 Å². The fraction of sp³-hybridized carbons (Fsp3) is 0.391. The highest BCUT2D eigenvalue weighted by molar-refractivity contribution is 7.89. The summed E-state index contributed by atoms with van der Waals surface area (Å²) in [5, 5.41) is 9.79. The summed E-state index contributed by atoms with van der Waals surface area (Å²) >= 11 is 6.00. The minimum atomic E-state index is -4.00. The summed E-state index contributed by atoms with van der Waals surface area (Å²) < 4.78 is 59.0. The number of esters is 1. The lowest BCUT2D eigenvalue weighted by atomic mass is 9.96. The number of aromatic nitrogens is 1. The molecule has 0 atom stereocenters. The van der Waals surface area contributed by atoms with E-state index in [1.54, 1.807) is 29.2 Å². The number of hydrogen-bond acceptors (Lipinski definition) is 8. The molecule has 1 amide bonds. The van der Waals surface area contributed by atoms with Gasteiger partial charge in [0.05, 0.1) is 23.5 Å². The Morgan fingerprint density at radius 3 is 2.56 bits per heavy atom. The van der Waals surface area contributed by atoms with E-state index in [-0.39, 0.29) is 48.9 Å². The number of nitrogens with one attached hydrogen (secondary N) is 1. The van der Waals surface area contributed by atoms with E-state index in [2.05, 4.69) is 9.71 Å². The Balaban J connectivity index is 1.71. The van der Waals surface area contributed by atoms with Gasteiger partial charge < -0.3 is 9.64 Å². The van der Waals surface area contributed by atoms with Crippen LogP contribution >= 0.6 is 11.6 Å². The number of carbonyl (C=O) groups is 2. The molecule has 0 aliphatic carbocycles. The standard InChI is InChI=1S/C23H23ClF2N4O5S/c1-2-35-23(32)17-11-16(12-27)21(28-19(17)20(25)26)30-9-7-14(8-10-30)22(31)29-36(33,34)13-15-5-3-4-6-18(15)24/h3-6,11,14,20H,2,7-10,13H2,1H3,(H,29,31). The van der Waals surface area contributed by atoms with Gasteiger partial charge in [-0.3, -0.25) is 9.52 Å². The number of ether oxygens (including phenoxy) is 1. The van der Waals surface area contributed by atoms with Crippen molar-refractivity contribution >= 4 is 39.3 Å². The topological polar surface area (TPSA) is 129 Å². The second-order valence-electron chi connectivity index (χ2n) is 8.00. The first-order chi connectivity index (χ1) is 17.1. The lowest BCUT2D eigenvalue weighted by molar-refractivity contribution is -0.123. The predicted molar refractivity (Wildman–Crippen MR) is 127 cm³/mol. The van der Waals surface area contributed by atoms with Gasteiger partial charge in [-0.25, -0.2) is 27.0 Å². The first-order valence-electron chi connectivity index (χ1n) is 11.0. The van der Waals surface area contributed by atoms with Gasteiger partial charge in [0.25, 0.3) is 6.43 Å². The second-order valence-corrected chi connectivity index (χ2v) is 10.1. The van der Waals surface area contributed by atoms with E-state index in [0.717, 1.165) is 6.07 Å². The average Bonchev–Trinajstić information content (AvgIpc) is 2.84. The first-order valence-corrected chi connectivity index (χ1v) is 13.0. The third kappa shape index (κ3) is 6.47. The smallest absolute Gasteiger partial charge is 0.340 e. The van der Waals surface area contributed by atoms with E-state index in [1.165, 1.54) is 6.92 Å². The molecule has 0 spiro atoms. The Morgan fingerprint density at radius 2 is 1.97 bits per heavy atom. The Bertz CT molecular complexity index is 1290. The lowest BCUT2D eigenvalue weighted by Gasteiger charge is -2.33. The highest BCUT2D eigenvalue weighted by Gasteiger charge is 2.31. The van der Waals surface area contributed by atoms with E-state index in [1.807, 2.05) is 6.07 Å². The molecule has 1 aliphatic heterocycles. The average molecular weight is 541 g/mol. The number of sulfonamides is 1. The maximum absolute atomic E-state index is 13.6. The van der Waals surface area contributed by atoms with Crippen LogP contribution in [0.2, 0.25) is 5.02 Å². The van der Waals surface area contributed by atoms with Crippen LogP contribution in [0, 0.1) is 17.2 Å². The molecular weight excluding hydrogens is 518 g/mol. The predicted octanol–water partition coefficient (Wildman–Crippen LogP) is 3.58. The molecule has 0 unspecified atom stereocenters. The molecule has 1 fully saturated rings. The molecule has 3 rings (SSSR count). The molecule has 192 valence electrons. The van der Waals surface area contributed by atoms with Crippen LogP contribution in [0.5, 0.6) is 0 Å². The number of rotatable bonds is 8. The van der Waals surface area contributed by atoms with Gasteiger partial charge in [-0.2, -0.15) is 5.26 Å². The van der Waals surface area contributed by atoms with Crippen molar-refractivity contribution in [3.05, 3.63) is 57.7 Å². The highest BCUT2D eigenvalue weighted by atomic mass is 35.5. The maximum atomic E-state index is 13.6. The molecule has 0 bridgehead atoms. The third-order valence-corrected chi connectivity index (χ3v) is 7.15. The number of hydrogen-bond donors (Lipinski definition) is 1. The van der Waals surface area contributed by atoms with E-state index < -0.39 is 51.3 Å². The molecule has 0 saturated carbocycles. The largest absolute Gasteiger partial charge is 0.462 e. The Morgan fingerprint density at radius 1 is 1.31 bits per heavy atom. The molecule has 1 aromatic heterocycles. The summed E-state index contributed by atoms with van der Waals surface area (Å²) in [5.41, 5.74) is -1.02. The van der Waals surface area contributed by atoms with Crippen molar-refractivity contribution in [2.75, 3.05) is 24.6 Å². The lowest BCUT2D eigenvalue weighted by Crippen LogP contribution is -2.43. The van der Waals surface area contributed by atoms with Crippen molar-refractivity contribution in [2.24, 2.45) is 5.92 Å². The van der Waals surface area contributed by atoms with Crippen LogP contribution in [0.15, 0.2) is 30.3 Å². The van der Waals surface area contributed by atoms with Crippen LogP contribution in [0.25, 0.3) is 0 Å². The van der Waals surface area contributed by atoms with Crippen molar-refractivity contribution < 1.29 is 31.5 Å². The number of piperidine rings is 1. The van der Waals surface area contributed by atoms with Crippen LogP contribution in [0.1, 0.15) is 53.4 Å². The molecule has 2 aromatic rings. The Kier molecular flexibility index (Phi) is 8.81. The number of anilines is 1. The summed E-state index contributed by atoms with van der Waals surface area (Å²) in [6.45, 7) is 1.81. The number of alkyl halides is 2. The first kappa shape index (κ1) is 27.3. The fourth-order valence-corrected chi connectivity index (χ4v) is 5.31. The zero-order valence-electron chi connectivity index (χ0n) is 19.2. The van der Waals surface area contributed by atoms with Gasteiger partial charge in [-0.1, -0.05) is 29.8 Å². The molecule has 1 saturated heterocycles. The van der Waals surface area contributed by atoms with E-state index in [0.29, 0.717) is 5.56 Å². The van der Waals surface area contributed by atoms with Crippen LogP contribution in [0.4, 0.5) is 14.6 Å². The maximum Gasteiger partial charge on any atom is 0.340 e. The van der Waals surface area contributed by atoms with E-state index in [9.17, 15) is 32.0 Å². The number of halogens is 3. The van der Waals surface area contributed by atoms with E-state index in [4.69, 9.17) is 16.3 Å². The van der Waals surface area contributed by atoms with Gasteiger partial charge in [-0.15, -0.1) is 0 Å². The number of nitrogens with zero attached hydrogens (tertiary/aromatic N) is 3. The van der Waals surface area contributed by atoms with Crippen molar-refractivity contribution in [1.82, 2.24) is 9.71 Å². The van der Waals surface area contributed by atoms with Crippen molar-refractivity contribution in [2.45, 2.75) is 31.9 Å². The molecule has 13 heteroatoms. The summed E-state index contributed by atoms with van der Waals surface area (Å²) in [6.07, 6.45) is -2.68. The van der Waals surface area contributed by atoms with E-state index >= 15 is 0 Å². The van der Waals surface area contributed by atoms with Crippen LogP contribution in [0.3, 0.4) is 0 Å². The zero-order chi connectivity index (χ0) is 26.5. The molecule has 1 aromatic carbocycles. The summed E-state index contributed by atoms with van der Waals surface area (Å²) in [7, 11) is -4.00.